The molecular weight excluding hydrogens is 1030 g/mol. The molecule has 0 aromatic heterocycles. The van der Waals surface area contributed by atoms with E-state index in [-0.39, 0.29) is 19.5 Å². The summed E-state index contributed by atoms with van der Waals surface area (Å²) >= 11 is 30.5. The van der Waals surface area contributed by atoms with Gasteiger partial charge in [0.15, 0.2) is 0 Å². The summed E-state index contributed by atoms with van der Waals surface area (Å²) in [4.78, 5) is 0. The van der Waals surface area contributed by atoms with Crippen molar-refractivity contribution in [3.05, 3.63) is 58.7 Å². The van der Waals surface area contributed by atoms with Gasteiger partial charge >= 0.3 is 19.5 Å². The monoisotopic (exact) mass is 1140 g/mol. The van der Waals surface area contributed by atoms with Gasteiger partial charge < -0.3 is 34.2 Å². The van der Waals surface area contributed by atoms with E-state index < -0.39 is 0 Å². The zero-order valence-electron chi connectivity index (χ0n) is 46.7. The Balaban J connectivity index is 0.00000136. The predicted molar refractivity (Wildman–Crippen MR) is 338 cm³/mol. The molecule has 0 radical (unpaired) electrons. The number of nitrogens with zero attached hydrogens (tertiary/aromatic N) is 2. The summed E-state index contributed by atoms with van der Waals surface area (Å²) in [6.07, 6.45) is 59.4. The Hall–Kier alpha value is 0.243. The number of thiol groups is 2. The van der Waals surface area contributed by atoms with E-state index in [9.17, 15) is 0 Å². The van der Waals surface area contributed by atoms with Crippen LogP contribution in [0.3, 0.4) is 0 Å². The maximum Gasteiger partial charge on any atom is 2.00 e. The molecule has 0 atom stereocenters. The number of rotatable bonds is 46. The van der Waals surface area contributed by atoms with Crippen molar-refractivity contribution in [2.75, 3.05) is 8.61 Å². The van der Waals surface area contributed by atoms with E-state index in [1.165, 1.54) is 279 Å². The molecule has 0 unspecified atom stereocenters. The van der Waals surface area contributed by atoms with E-state index in [2.05, 4.69) is 89.4 Å². The molecule has 0 heterocycles. The number of hydrogen-bond donors (Lipinski definition) is 2. The first-order valence-electron chi connectivity index (χ1n) is 29.8. The van der Waals surface area contributed by atoms with E-state index in [0.29, 0.717) is 8.64 Å². The summed E-state index contributed by atoms with van der Waals surface area (Å²) in [5.74, 6) is 0. The van der Waals surface area contributed by atoms with Crippen molar-refractivity contribution in [1.29, 1.82) is 0 Å². The van der Waals surface area contributed by atoms with E-state index in [0.717, 1.165) is 37.1 Å². The molecular formula is C62H108N2S6Zn. The summed E-state index contributed by atoms with van der Waals surface area (Å²) in [6, 6.07) is 13.2. The zero-order valence-corrected chi connectivity index (χ0v) is 54.7. The average Bonchev–Trinajstić information content (AvgIpc) is 3.36. The van der Waals surface area contributed by atoms with Crippen LogP contribution >= 0.6 is 49.7 Å². The molecule has 2 rings (SSSR count). The molecule has 9 heteroatoms. The van der Waals surface area contributed by atoms with E-state index in [1.807, 2.05) is 0 Å². The molecule has 0 spiro atoms. The van der Waals surface area contributed by atoms with Crippen molar-refractivity contribution in [2.45, 2.75) is 310 Å². The smallest absolute Gasteiger partial charge is 0.659 e. The maximum absolute atomic E-state index is 5.59. The molecule has 2 aromatic rings. The first kappa shape index (κ1) is 71.2. The van der Waals surface area contributed by atoms with Crippen LogP contribution in [0.1, 0.15) is 307 Å². The van der Waals surface area contributed by atoms with Gasteiger partial charge in [-0.1, -0.05) is 308 Å². The molecule has 0 N–H and O–H groups in total. The van der Waals surface area contributed by atoms with Crippen LogP contribution in [0.25, 0.3) is 0 Å². The predicted octanol–water partition coefficient (Wildman–Crippen LogP) is 22.2. The Morgan fingerprint density at radius 1 is 0.338 bits per heavy atom. The first-order chi connectivity index (χ1) is 34.2. The van der Waals surface area contributed by atoms with Gasteiger partial charge in [0.25, 0.3) is 0 Å². The third kappa shape index (κ3) is 38.4. The minimum absolute atomic E-state index is 0. The van der Waals surface area contributed by atoms with Crippen LogP contribution in [0.4, 0.5) is 11.4 Å². The quantitative estimate of drug-likeness (QED) is 0.0223. The van der Waals surface area contributed by atoms with E-state index >= 15 is 0 Å². The number of hydrogen-bond acceptors (Lipinski definition) is 4. The van der Waals surface area contributed by atoms with Crippen LogP contribution in [-0.4, -0.2) is 8.64 Å². The van der Waals surface area contributed by atoms with Gasteiger partial charge in [0, 0.05) is 11.4 Å². The second-order valence-corrected chi connectivity index (χ2v) is 23.7. The number of unbranched alkanes of at least 4 members (excludes halogenated alkanes) is 36. The van der Waals surface area contributed by atoms with Crippen molar-refractivity contribution >= 4 is 95.3 Å². The Kier molecular flexibility index (Phi) is 52.5. The molecule has 404 valence electrons. The van der Waals surface area contributed by atoms with Crippen LogP contribution in [0.2, 0.25) is 0 Å². The number of benzene rings is 2. The van der Waals surface area contributed by atoms with Gasteiger partial charge in [-0.3, -0.25) is 0 Å². The maximum atomic E-state index is 5.59. The van der Waals surface area contributed by atoms with Gasteiger partial charge in [0.2, 0.25) is 0 Å². The fourth-order valence-corrected chi connectivity index (χ4v) is 10.8. The second kappa shape index (κ2) is 52.3. The van der Waals surface area contributed by atoms with Crippen molar-refractivity contribution in [3.8, 4) is 0 Å². The molecule has 0 saturated heterocycles. The Morgan fingerprint density at radius 2 is 0.535 bits per heavy atom. The van der Waals surface area contributed by atoms with Gasteiger partial charge in [-0.25, -0.2) is 0 Å². The number of anilines is 2. The molecule has 0 fully saturated rings. The third-order valence-electron chi connectivity index (χ3n) is 14.4. The fraction of sp³-hybridized carbons (Fsp3) is 0.774. The van der Waals surface area contributed by atoms with Crippen LogP contribution in [0.5, 0.6) is 0 Å². The van der Waals surface area contributed by atoms with Crippen LogP contribution in [-0.2, 0) is 70.8 Å². The van der Waals surface area contributed by atoms with Gasteiger partial charge in [0.1, 0.15) is 8.64 Å². The molecule has 71 heavy (non-hydrogen) atoms. The van der Waals surface area contributed by atoms with Crippen molar-refractivity contribution in [1.82, 2.24) is 0 Å². The Labute approximate surface area is 488 Å². The molecule has 0 bridgehead atoms. The molecule has 0 aliphatic rings. The Bertz CT molecular complexity index is 1410. The minimum atomic E-state index is 0. The van der Waals surface area contributed by atoms with E-state index in [1.54, 1.807) is 8.61 Å². The van der Waals surface area contributed by atoms with E-state index in [4.69, 9.17) is 50.1 Å². The van der Waals surface area contributed by atoms with Crippen molar-refractivity contribution in [2.24, 2.45) is 0 Å². The van der Waals surface area contributed by atoms with Gasteiger partial charge in [-0.15, -0.1) is 25.3 Å². The minimum Gasteiger partial charge on any atom is -0.659 e. The largest absolute Gasteiger partial charge is 2.00 e. The second-order valence-electron chi connectivity index (χ2n) is 20.7. The molecule has 2 aromatic carbocycles. The van der Waals surface area contributed by atoms with Gasteiger partial charge in [-0.05, 0) is 85.8 Å². The number of thiocarbonyl (C=S) groups is 2. The first-order valence-corrected chi connectivity index (χ1v) is 32.3. The SMILES string of the molecule is CCCCCCCCCCCCc1cccc(N([S-])C(=S)S)c1CCCCCCCCCCCC.CCCCCCCCCCCCc1cccc(N([S-])C(=S)S)c1CCCCCCCCCCCC.[Zn+2]. The van der Waals surface area contributed by atoms with Crippen molar-refractivity contribution < 1.29 is 19.5 Å². The Morgan fingerprint density at radius 3 is 0.746 bits per heavy atom. The molecule has 0 saturated carbocycles. The normalized spacial score (nSPS) is 11.0. The summed E-state index contributed by atoms with van der Waals surface area (Å²) < 4.78 is 4.29. The van der Waals surface area contributed by atoms with Gasteiger partial charge in [0.05, 0.1) is 0 Å². The molecule has 0 amide bonds. The van der Waals surface area contributed by atoms with Crippen molar-refractivity contribution in [3.63, 3.8) is 0 Å². The molecule has 2 nitrogen and oxygen atoms in total. The van der Waals surface area contributed by atoms with Crippen LogP contribution < -0.4 is 8.61 Å². The van der Waals surface area contributed by atoms with Gasteiger partial charge in [-0.2, -0.15) is 0 Å². The standard InChI is InChI=1S/2C31H54NS3.Zn/c2*1-3-5-7-9-11-13-15-17-19-21-24-28-25-23-27-30(32(35)31(33)34)29(28)26-22-20-18-16-14-12-10-8-6-4-2;/h2*23,25,27H,3-22,24,26H2,1-2H3,(H,33,34);/q2*-1;+2. The summed E-state index contributed by atoms with van der Waals surface area (Å²) in [5, 5.41) is 0. The summed E-state index contributed by atoms with van der Waals surface area (Å²) in [6.45, 7) is 9.15. The average molecular weight is 1140 g/mol. The number of aryl methyl sites for hydroxylation is 2. The fourth-order valence-electron chi connectivity index (χ4n) is 10.1. The summed E-state index contributed by atoms with van der Waals surface area (Å²) in [5.41, 5.74) is 7.93. The van der Waals surface area contributed by atoms with Crippen LogP contribution in [0, 0.1) is 0 Å². The molecule has 0 aliphatic heterocycles. The molecule has 0 aliphatic carbocycles. The summed E-state index contributed by atoms with van der Waals surface area (Å²) in [7, 11) is 0. The van der Waals surface area contributed by atoms with Crippen LogP contribution in [0.15, 0.2) is 36.4 Å². The third-order valence-corrected chi connectivity index (χ3v) is 16.5. The topological polar surface area (TPSA) is 6.48 Å². The zero-order chi connectivity index (χ0) is 51.1.